The van der Waals surface area contributed by atoms with E-state index in [-0.39, 0.29) is 5.54 Å². The van der Waals surface area contributed by atoms with Crippen molar-refractivity contribution in [2.24, 2.45) is 5.73 Å². The van der Waals surface area contributed by atoms with Gasteiger partial charge in [0.05, 0.1) is 6.54 Å². The first kappa shape index (κ1) is 15.5. The molecular formula is C16H29N3O. The van der Waals surface area contributed by atoms with Gasteiger partial charge in [0, 0.05) is 31.2 Å². The largest absolute Gasteiger partial charge is 0.465 e. The van der Waals surface area contributed by atoms with Crippen LogP contribution < -0.4 is 5.73 Å². The van der Waals surface area contributed by atoms with Crippen molar-refractivity contribution >= 4 is 0 Å². The van der Waals surface area contributed by atoms with Crippen molar-refractivity contribution < 1.29 is 4.42 Å². The quantitative estimate of drug-likeness (QED) is 0.898. The van der Waals surface area contributed by atoms with Gasteiger partial charge in [0.2, 0.25) is 0 Å². The topological polar surface area (TPSA) is 45.6 Å². The molecule has 0 unspecified atom stereocenters. The number of likely N-dealkylation sites (tertiary alicyclic amines) is 1. The minimum atomic E-state index is 0.117. The van der Waals surface area contributed by atoms with Gasteiger partial charge >= 0.3 is 0 Å². The van der Waals surface area contributed by atoms with E-state index in [1.165, 1.54) is 0 Å². The van der Waals surface area contributed by atoms with Crippen molar-refractivity contribution in [1.29, 1.82) is 0 Å². The zero-order valence-electron chi connectivity index (χ0n) is 13.4. The van der Waals surface area contributed by atoms with Gasteiger partial charge in [-0.05, 0) is 52.8 Å². The van der Waals surface area contributed by atoms with E-state index in [0.29, 0.717) is 6.04 Å². The molecule has 1 fully saturated rings. The molecule has 0 atom stereocenters. The molecule has 1 saturated heterocycles. The third kappa shape index (κ3) is 3.25. The van der Waals surface area contributed by atoms with Gasteiger partial charge in [-0.25, -0.2) is 0 Å². The molecule has 20 heavy (non-hydrogen) atoms. The number of hydrogen-bond acceptors (Lipinski definition) is 4. The molecule has 0 spiro atoms. The number of piperidine rings is 1. The molecule has 4 nitrogen and oxygen atoms in total. The number of rotatable bonds is 5. The highest BCUT2D eigenvalue weighted by Crippen LogP contribution is 2.29. The van der Waals surface area contributed by atoms with Crippen LogP contribution in [0.3, 0.4) is 0 Å². The van der Waals surface area contributed by atoms with Crippen LogP contribution in [0.4, 0.5) is 0 Å². The fourth-order valence-corrected chi connectivity index (χ4v) is 3.17. The van der Waals surface area contributed by atoms with Crippen LogP contribution in [0, 0.1) is 6.92 Å². The van der Waals surface area contributed by atoms with Gasteiger partial charge in [-0.15, -0.1) is 0 Å². The lowest BCUT2D eigenvalue weighted by Gasteiger charge is -2.47. The Morgan fingerprint density at radius 1 is 1.35 bits per heavy atom. The Balaban J connectivity index is 2.00. The predicted molar refractivity (Wildman–Crippen MR) is 82.6 cm³/mol. The average molecular weight is 279 g/mol. The molecule has 0 aromatic carbocycles. The number of aryl methyl sites for hydroxylation is 1. The van der Waals surface area contributed by atoms with Crippen LogP contribution in [0.25, 0.3) is 0 Å². The summed E-state index contributed by atoms with van der Waals surface area (Å²) in [6.07, 6.45) is 2.27. The van der Waals surface area contributed by atoms with Crippen LogP contribution in [-0.2, 0) is 6.54 Å². The minimum absolute atomic E-state index is 0.117. The van der Waals surface area contributed by atoms with Crippen molar-refractivity contribution in [3.63, 3.8) is 0 Å². The number of hydrogen-bond donors (Lipinski definition) is 1. The van der Waals surface area contributed by atoms with Crippen LogP contribution in [0.15, 0.2) is 16.5 Å². The van der Waals surface area contributed by atoms with E-state index in [1.807, 2.05) is 13.0 Å². The highest BCUT2D eigenvalue weighted by molar-refractivity contribution is 5.07. The first-order chi connectivity index (χ1) is 9.47. The highest BCUT2D eigenvalue weighted by atomic mass is 16.3. The average Bonchev–Trinajstić information content (AvgIpc) is 2.84. The van der Waals surface area contributed by atoms with E-state index in [2.05, 4.69) is 36.8 Å². The summed E-state index contributed by atoms with van der Waals surface area (Å²) in [5.74, 6) is 2.01. The first-order valence-electron chi connectivity index (χ1n) is 7.67. The van der Waals surface area contributed by atoms with Gasteiger partial charge in [-0.2, -0.15) is 0 Å². The zero-order chi connectivity index (χ0) is 14.8. The lowest BCUT2D eigenvalue weighted by atomic mass is 9.85. The molecule has 0 saturated carbocycles. The van der Waals surface area contributed by atoms with Gasteiger partial charge in [0.1, 0.15) is 11.5 Å². The summed E-state index contributed by atoms with van der Waals surface area (Å²) in [7, 11) is 2.18. The molecule has 0 aliphatic carbocycles. The van der Waals surface area contributed by atoms with Gasteiger partial charge < -0.3 is 15.1 Å². The monoisotopic (exact) mass is 279 g/mol. The minimum Gasteiger partial charge on any atom is -0.465 e. The molecule has 1 aromatic rings. The molecular weight excluding hydrogens is 250 g/mol. The van der Waals surface area contributed by atoms with Crippen molar-refractivity contribution in [3.8, 4) is 0 Å². The van der Waals surface area contributed by atoms with Crippen LogP contribution in [0.5, 0.6) is 0 Å². The van der Waals surface area contributed by atoms with Gasteiger partial charge in [-0.1, -0.05) is 0 Å². The summed E-state index contributed by atoms with van der Waals surface area (Å²) in [6, 6.07) is 4.72. The lowest BCUT2D eigenvalue weighted by molar-refractivity contribution is 0.0261. The summed E-state index contributed by atoms with van der Waals surface area (Å²) in [5, 5.41) is 0. The van der Waals surface area contributed by atoms with Crippen molar-refractivity contribution in [2.75, 3.05) is 26.7 Å². The predicted octanol–water partition coefficient (Wildman–Crippen LogP) is 2.22. The Kier molecular flexibility index (Phi) is 4.89. The summed E-state index contributed by atoms with van der Waals surface area (Å²) in [6.45, 7) is 10.4. The second-order valence-corrected chi connectivity index (χ2v) is 6.43. The van der Waals surface area contributed by atoms with Gasteiger partial charge in [0.15, 0.2) is 0 Å². The van der Waals surface area contributed by atoms with E-state index in [1.54, 1.807) is 0 Å². The molecule has 4 heteroatoms. The van der Waals surface area contributed by atoms with E-state index in [0.717, 1.165) is 50.5 Å². The molecule has 114 valence electrons. The maximum absolute atomic E-state index is 6.13. The summed E-state index contributed by atoms with van der Waals surface area (Å²) in [5.41, 5.74) is 6.25. The molecule has 2 rings (SSSR count). The number of nitrogens with two attached hydrogens (primary N) is 1. The first-order valence-corrected chi connectivity index (χ1v) is 7.67. The van der Waals surface area contributed by atoms with E-state index in [9.17, 15) is 0 Å². The molecule has 2 heterocycles. The van der Waals surface area contributed by atoms with E-state index >= 15 is 0 Å². The smallest absolute Gasteiger partial charge is 0.118 e. The third-order valence-corrected chi connectivity index (χ3v) is 4.84. The number of nitrogens with zero attached hydrogens (tertiary/aromatic N) is 2. The van der Waals surface area contributed by atoms with Crippen molar-refractivity contribution in [3.05, 3.63) is 23.7 Å². The molecule has 1 aromatic heterocycles. The Morgan fingerprint density at radius 3 is 2.45 bits per heavy atom. The lowest BCUT2D eigenvalue weighted by Crippen LogP contribution is -2.58. The zero-order valence-corrected chi connectivity index (χ0v) is 13.4. The Hall–Kier alpha value is -0.840. The van der Waals surface area contributed by atoms with Crippen molar-refractivity contribution in [1.82, 2.24) is 9.80 Å². The van der Waals surface area contributed by atoms with Crippen LogP contribution in [-0.4, -0.2) is 48.1 Å². The normalized spacial score (nSPS) is 19.9. The Labute approximate surface area is 122 Å². The number of furan rings is 1. The van der Waals surface area contributed by atoms with Gasteiger partial charge in [-0.3, -0.25) is 4.90 Å². The Bertz CT molecular complexity index is 419. The molecule has 0 amide bonds. The summed E-state index contributed by atoms with van der Waals surface area (Å²) in [4.78, 5) is 4.93. The number of likely N-dealkylation sites (N-methyl/N-ethyl adjacent to an activating group) is 1. The summed E-state index contributed by atoms with van der Waals surface area (Å²) < 4.78 is 5.70. The van der Waals surface area contributed by atoms with E-state index < -0.39 is 0 Å². The molecule has 2 N–H and O–H groups in total. The molecule has 1 aliphatic rings. The van der Waals surface area contributed by atoms with E-state index in [4.69, 9.17) is 10.2 Å². The molecule has 1 aliphatic heterocycles. The maximum Gasteiger partial charge on any atom is 0.118 e. The molecule has 0 bridgehead atoms. The maximum atomic E-state index is 6.13. The highest BCUT2D eigenvalue weighted by Gasteiger charge is 2.37. The third-order valence-electron chi connectivity index (χ3n) is 4.84. The van der Waals surface area contributed by atoms with Crippen LogP contribution in [0.2, 0.25) is 0 Å². The molecule has 0 radical (unpaired) electrons. The second-order valence-electron chi connectivity index (χ2n) is 6.43. The fraction of sp³-hybridized carbons (Fsp3) is 0.750. The van der Waals surface area contributed by atoms with Crippen LogP contribution >= 0.6 is 0 Å². The summed E-state index contributed by atoms with van der Waals surface area (Å²) >= 11 is 0. The standard InChI is InChI=1S/C16H29N3O/c1-13(2)19-9-7-16(12-17,8-10-19)18(4)11-15-6-5-14(3)20-15/h5-6,13H,7-12,17H2,1-4H3. The SMILES string of the molecule is Cc1ccc(CN(C)C2(CN)CCN(C(C)C)CC2)o1. The Morgan fingerprint density at radius 2 is 2.00 bits per heavy atom. The second kappa shape index (κ2) is 6.29. The van der Waals surface area contributed by atoms with Crippen LogP contribution in [0.1, 0.15) is 38.2 Å². The fourth-order valence-electron chi connectivity index (χ4n) is 3.17. The van der Waals surface area contributed by atoms with Crippen molar-refractivity contribution in [2.45, 2.75) is 51.7 Å². The van der Waals surface area contributed by atoms with Gasteiger partial charge in [0.25, 0.3) is 0 Å².